The van der Waals surface area contributed by atoms with E-state index in [2.05, 4.69) is 10.3 Å². The van der Waals surface area contributed by atoms with Crippen molar-refractivity contribution in [1.82, 2.24) is 10.3 Å². The zero-order chi connectivity index (χ0) is 17.3. The Balaban J connectivity index is 1.70. The van der Waals surface area contributed by atoms with E-state index in [-0.39, 0.29) is 18.9 Å². The number of aromatic nitrogens is 1. The van der Waals surface area contributed by atoms with Crippen LogP contribution in [0.25, 0.3) is 0 Å². The van der Waals surface area contributed by atoms with Crippen molar-refractivity contribution in [2.75, 3.05) is 11.9 Å². The monoisotopic (exact) mass is 370 g/mol. The molecule has 0 unspecified atom stereocenters. The number of nitrogens with one attached hydrogen (secondary N) is 1. The van der Waals surface area contributed by atoms with Crippen molar-refractivity contribution < 1.29 is 9.18 Å². The Morgan fingerprint density at radius 1 is 1.46 bits per heavy atom. The van der Waals surface area contributed by atoms with Crippen molar-refractivity contribution in [2.45, 2.75) is 62.6 Å². The van der Waals surface area contributed by atoms with E-state index in [4.69, 9.17) is 16.9 Å². The summed E-state index contributed by atoms with van der Waals surface area (Å²) in [5.41, 5.74) is -1.92. The van der Waals surface area contributed by atoms with Gasteiger partial charge in [-0.1, -0.05) is 42.2 Å². The Bertz CT molecular complexity index is 662. The second-order valence-corrected chi connectivity index (χ2v) is 8.04. The molecule has 1 heterocycles. The summed E-state index contributed by atoms with van der Waals surface area (Å²) in [6.45, 7) is 0. The van der Waals surface area contributed by atoms with Crippen LogP contribution in [0.1, 0.15) is 55.7 Å². The lowest BCUT2D eigenvalue weighted by atomic mass is 9.76. The van der Waals surface area contributed by atoms with Gasteiger partial charge >= 0.3 is 0 Å². The minimum Gasteiger partial charge on any atom is -0.321 e. The molecule has 3 rings (SSSR count). The topological polar surface area (TPSA) is 69.0 Å². The van der Waals surface area contributed by atoms with Crippen LogP contribution < -0.4 is 10.2 Å². The molecule has 2 fully saturated rings. The van der Waals surface area contributed by atoms with E-state index in [1.807, 2.05) is 0 Å². The zero-order valence-electron chi connectivity index (χ0n) is 13.5. The molecule has 0 saturated heterocycles. The number of nitrogens with zero attached hydrogens (tertiary/aromatic N) is 3. The van der Waals surface area contributed by atoms with E-state index in [0.29, 0.717) is 16.2 Å². The number of alkyl halides is 1. The number of anilines is 1. The van der Waals surface area contributed by atoms with Crippen LogP contribution in [0.15, 0.2) is 0 Å². The number of rotatable bonds is 4. The standard InChI is InChI=1S/C16H20ClFN4OS/c1-22(14(23)16(18)7-11(8-16)20-9-19)15-21-13(17)12(24-15)10-5-3-2-4-6-10/h10-11,20H,2-8H2,1H3/t11-,16-. The van der Waals surface area contributed by atoms with Gasteiger partial charge in [0.15, 0.2) is 17.0 Å². The molecule has 0 spiro atoms. The molecule has 2 saturated carbocycles. The summed E-state index contributed by atoms with van der Waals surface area (Å²) in [7, 11) is 1.54. The molecular formula is C16H20ClFN4OS. The first-order valence-corrected chi connectivity index (χ1v) is 9.42. The Hall–Kier alpha value is -1.39. The molecule has 0 aromatic carbocycles. The van der Waals surface area contributed by atoms with Crippen molar-refractivity contribution >= 4 is 34.0 Å². The number of carbonyl (C=O) groups excluding carboxylic acids is 1. The first kappa shape index (κ1) is 17.4. The number of nitriles is 1. The largest absolute Gasteiger partial charge is 0.321 e. The number of thiazole rings is 1. The average molecular weight is 371 g/mol. The minimum atomic E-state index is -1.92. The fraction of sp³-hybridized carbons (Fsp3) is 0.688. The lowest BCUT2D eigenvalue weighted by molar-refractivity contribution is -0.136. The van der Waals surface area contributed by atoms with E-state index in [0.717, 1.165) is 17.7 Å². The molecule has 0 atom stereocenters. The molecule has 130 valence electrons. The Morgan fingerprint density at radius 2 is 2.12 bits per heavy atom. The van der Waals surface area contributed by atoms with E-state index >= 15 is 0 Å². The second-order valence-electron chi connectivity index (χ2n) is 6.68. The van der Waals surface area contributed by atoms with Crippen LogP contribution in [0, 0.1) is 11.5 Å². The molecule has 2 aliphatic rings. The van der Waals surface area contributed by atoms with Gasteiger partial charge in [0.25, 0.3) is 5.91 Å². The summed E-state index contributed by atoms with van der Waals surface area (Å²) in [5, 5.41) is 11.9. The average Bonchev–Trinajstić information content (AvgIpc) is 2.94. The van der Waals surface area contributed by atoms with E-state index in [1.54, 1.807) is 6.19 Å². The fourth-order valence-electron chi connectivity index (χ4n) is 3.54. The van der Waals surface area contributed by atoms with Crippen molar-refractivity contribution in [3.8, 4) is 6.19 Å². The predicted octanol–water partition coefficient (Wildman–Crippen LogP) is 3.75. The number of hydrogen-bond acceptors (Lipinski definition) is 5. The summed E-state index contributed by atoms with van der Waals surface area (Å²) in [4.78, 5) is 19.0. The third kappa shape index (κ3) is 3.22. The summed E-state index contributed by atoms with van der Waals surface area (Å²) < 4.78 is 14.7. The maximum atomic E-state index is 14.7. The molecule has 1 N–H and O–H groups in total. The highest BCUT2D eigenvalue weighted by molar-refractivity contribution is 7.16. The Labute approximate surface area is 149 Å². The second kappa shape index (κ2) is 6.85. The van der Waals surface area contributed by atoms with Crippen molar-refractivity contribution in [2.24, 2.45) is 0 Å². The lowest BCUT2D eigenvalue weighted by Gasteiger charge is -2.40. The highest BCUT2D eigenvalue weighted by Gasteiger charge is 2.53. The maximum Gasteiger partial charge on any atom is 0.266 e. The van der Waals surface area contributed by atoms with Crippen LogP contribution >= 0.6 is 22.9 Å². The summed E-state index contributed by atoms with van der Waals surface area (Å²) in [5.74, 6) is -0.215. The van der Waals surface area contributed by atoms with Crippen LogP contribution in [-0.2, 0) is 4.79 Å². The van der Waals surface area contributed by atoms with Crippen LogP contribution in [0.4, 0.5) is 9.52 Å². The van der Waals surface area contributed by atoms with Crippen molar-refractivity contribution in [1.29, 1.82) is 5.26 Å². The quantitative estimate of drug-likeness (QED) is 0.647. The number of carbonyl (C=O) groups is 1. The minimum absolute atomic E-state index is 0.0122. The highest BCUT2D eigenvalue weighted by Crippen LogP contribution is 2.43. The predicted molar refractivity (Wildman–Crippen MR) is 92.0 cm³/mol. The molecule has 5 nitrogen and oxygen atoms in total. The number of hydrogen-bond donors (Lipinski definition) is 1. The van der Waals surface area contributed by atoms with Gasteiger partial charge in [-0.3, -0.25) is 9.69 Å². The van der Waals surface area contributed by atoms with Crippen molar-refractivity contribution in [3.05, 3.63) is 10.0 Å². The zero-order valence-corrected chi connectivity index (χ0v) is 15.1. The summed E-state index contributed by atoms with van der Waals surface area (Å²) in [6.07, 6.45) is 7.61. The van der Waals surface area contributed by atoms with Crippen LogP contribution in [0.2, 0.25) is 5.15 Å². The number of halogens is 2. The molecule has 1 aromatic rings. The first-order valence-electron chi connectivity index (χ1n) is 8.22. The smallest absolute Gasteiger partial charge is 0.266 e. The third-order valence-corrected chi connectivity index (χ3v) is 6.65. The van der Waals surface area contributed by atoms with Crippen LogP contribution in [0.5, 0.6) is 0 Å². The van der Waals surface area contributed by atoms with Crippen LogP contribution in [-0.4, -0.2) is 29.6 Å². The van der Waals surface area contributed by atoms with Crippen LogP contribution in [0.3, 0.4) is 0 Å². The maximum absolute atomic E-state index is 14.7. The van der Waals surface area contributed by atoms with E-state index in [9.17, 15) is 9.18 Å². The van der Waals surface area contributed by atoms with Gasteiger partial charge in [-0.05, 0) is 18.8 Å². The van der Waals surface area contributed by atoms with Gasteiger partial charge in [0, 0.05) is 30.8 Å². The molecule has 0 radical (unpaired) electrons. The molecule has 24 heavy (non-hydrogen) atoms. The molecule has 1 amide bonds. The molecule has 8 heteroatoms. The van der Waals surface area contributed by atoms with Gasteiger partial charge in [-0.15, -0.1) is 0 Å². The molecule has 2 aliphatic carbocycles. The highest BCUT2D eigenvalue weighted by atomic mass is 35.5. The van der Waals surface area contributed by atoms with Gasteiger partial charge < -0.3 is 5.32 Å². The van der Waals surface area contributed by atoms with Gasteiger partial charge in [-0.2, -0.15) is 5.26 Å². The normalized spacial score (nSPS) is 27.2. The van der Waals surface area contributed by atoms with E-state index < -0.39 is 11.6 Å². The van der Waals surface area contributed by atoms with E-state index in [1.165, 1.54) is 42.5 Å². The molecule has 1 aromatic heterocycles. The van der Waals surface area contributed by atoms with Gasteiger partial charge in [0.05, 0.1) is 0 Å². The molecule has 0 bridgehead atoms. The fourth-order valence-corrected chi connectivity index (χ4v) is 5.02. The van der Waals surface area contributed by atoms with Crippen molar-refractivity contribution in [3.63, 3.8) is 0 Å². The molecule has 0 aliphatic heterocycles. The Kier molecular flexibility index (Phi) is 4.97. The van der Waals surface area contributed by atoms with Gasteiger partial charge in [0.2, 0.25) is 0 Å². The van der Waals surface area contributed by atoms with Gasteiger partial charge in [-0.25, -0.2) is 9.37 Å². The SMILES string of the molecule is CN(c1nc(Cl)c(C2CCCCC2)s1)C(=O)[C@]1(F)C[C@H](NC#N)C1. The third-order valence-electron chi connectivity index (χ3n) is 4.96. The Morgan fingerprint density at radius 3 is 2.75 bits per heavy atom. The summed E-state index contributed by atoms with van der Waals surface area (Å²) in [6, 6.07) is -0.268. The lowest BCUT2D eigenvalue weighted by Crippen LogP contribution is -2.58. The first-order chi connectivity index (χ1) is 11.4. The molecular weight excluding hydrogens is 351 g/mol. The number of amides is 1. The van der Waals surface area contributed by atoms with Gasteiger partial charge in [0.1, 0.15) is 5.15 Å². The summed E-state index contributed by atoms with van der Waals surface area (Å²) >= 11 is 7.67.